The lowest BCUT2D eigenvalue weighted by Gasteiger charge is -2.00. The predicted octanol–water partition coefficient (Wildman–Crippen LogP) is 2.62. The molecule has 0 fully saturated rings. The molecule has 98 valence electrons. The molecular weight excluding hydrogens is 242 g/mol. The molecule has 0 aliphatic rings. The van der Waals surface area contributed by atoms with Crippen molar-refractivity contribution < 1.29 is 13.9 Å². The van der Waals surface area contributed by atoms with Crippen LogP contribution in [0.5, 0.6) is 5.75 Å². The molecule has 1 aromatic carbocycles. The Morgan fingerprint density at radius 3 is 2.74 bits per heavy atom. The molecule has 1 heterocycles. The third-order valence-electron chi connectivity index (χ3n) is 2.56. The van der Waals surface area contributed by atoms with Crippen LogP contribution < -0.4 is 10.1 Å². The van der Waals surface area contributed by atoms with Crippen LogP contribution in [0.2, 0.25) is 0 Å². The van der Waals surface area contributed by atoms with Gasteiger partial charge in [-0.1, -0.05) is 12.1 Å². The lowest BCUT2D eigenvalue weighted by atomic mass is 10.2. The van der Waals surface area contributed by atoms with E-state index >= 15 is 0 Å². The largest absolute Gasteiger partial charge is 0.497 e. The number of nitrogens with one attached hydrogen (secondary N) is 1. The van der Waals surface area contributed by atoms with Crippen LogP contribution in [0, 0.1) is 0 Å². The molecule has 0 saturated carbocycles. The minimum absolute atomic E-state index is 0.160. The summed E-state index contributed by atoms with van der Waals surface area (Å²) < 4.78 is 10.2. The topological polar surface area (TPSA) is 51.5 Å². The van der Waals surface area contributed by atoms with Gasteiger partial charge in [-0.05, 0) is 35.9 Å². The Kier molecular flexibility index (Phi) is 4.39. The summed E-state index contributed by atoms with van der Waals surface area (Å²) >= 11 is 0. The molecule has 1 aromatic heterocycles. The first-order chi connectivity index (χ1) is 9.28. The second-order valence-electron chi connectivity index (χ2n) is 3.90. The van der Waals surface area contributed by atoms with E-state index in [1.807, 2.05) is 30.3 Å². The van der Waals surface area contributed by atoms with E-state index in [4.69, 9.17) is 9.15 Å². The molecule has 2 rings (SSSR count). The highest BCUT2D eigenvalue weighted by Gasteiger charge is 1.98. The van der Waals surface area contributed by atoms with E-state index < -0.39 is 0 Å². The lowest BCUT2D eigenvalue weighted by molar-refractivity contribution is -0.116. The SMILES string of the molecule is COc1ccc(C=CC(=O)NCc2ccco2)cc1. The fourth-order valence-corrected chi connectivity index (χ4v) is 1.53. The van der Waals surface area contributed by atoms with Gasteiger partial charge in [0, 0.05) is 6.08 Å². The van der Waals surface area contributed by atoms with Crippen molar-refractivity contribution in [1.29, 1.82) is 0 Å². The van der Waals surface area contributed by atoms with Crippen LogP contribution in [0.3, 0.4) is 0 Å². The molecular formula is C15H15NO3. The summed E-state index contributed by atoms with van der Waals surface area (Å²) in [6.07, 6.45) is 4.82. The van der Waals surface area contributed by atoms with Gasteiger partial charge in [0.05, 0.1) is 19.9 Å². The summed E-state index contributed by atoms with van der Waals surface area (Å²) in [4.78, 5) is 11.6. The zero-order valence-electron chi connectivity index (χ0n) is 10.6. The van der Waals surface area contributed by atoms with Crippen LogP contribution in [0.4, 0.5) is 0 Å². The van der Waals surface area contributed by atoms with Gasteiger partial charge in [-0.25, -0.2) is 0 Å². The highest BCUT2D eigenvalue weighted by molar-refractivity contribution is 5.91. The van der Waals surface area contributed by atoms with Crippen molar-refractivity contribution in [2.45, 2.75) is 6.54 Å². The second kappa shape index (κ2) is 6.44. The maximum atomic E-state index is 11.6. The minimum Gasteiger partial charge on any atom is -0.497 e. The van der Waals surface area contributed by atoms with Crippen LogP contribution in [0.25, 0.3) is 6.08 Å². The van der Waals surface area contributed by atoms with E-state index in [-0.39, 0.29) is 5.91 Å². The zero-order valence-corrected chi connectivity index (χ0v) is 10.6. The molecule has 0 aliphatic heterocycles. The number of rotatable bonds is 5. The van der Waals surface area contributed by atoms with E-state index in [9.17, 15) is 4.79 Å². The van der Waals surface area contributed by atoms with Crippen molar-refractivity contribution in [3.63, 3.8) is 0 Å². The van der Waals surface area contributed by atoms with E-state index in [1.54, 1.807) is 25.5 Å². The number of hydrogen-bond acceptors (Lipinski definition) is 3. The monoisotopic (exact) mass is 257 g/mol. The Morgan fingerprint density at radius 2 is 2.11 bits per heavy atom. The fraction of sp³-hybridized carbons (Fsp3) is 0.133. The maximum absolute atomic E-state index is 11.6. The average molecular weight is 257 g/mol. The number of ether oxygens (including phenoxy) is 1. The number of hydrogen-bond donors (Lipinski definition) is 1. The molecule has 0 radical (unpaired) electrons. The zero-order chi connectivity index (χ0) is 13.5. The van der Waals surface area contributed by atoms with E-state index in [1.165, 1.54) is 6.08 Å². The Labute approximate surface area is 111 Å². The molecule has 4 heteroatoms. The highest BCUT2D eigenvalue weighted by atomic mass is 16.5. The standard InChI is InChI=1S/C15H15NO3/c1-18-13-7-4-12(5-8-13)6-9-15(17)16-11-14-3-2-10-19-14/h2-10H,11H2,1H3,(H,16,17). The summed E-state index contributed by atoms with van der Waals surface area (Å²) in [6, 6.07) is 11.1. The molecule has 0 saturated heterocycles. The first-order valence-electron chi connectivity index (χ1n) is 5.90. The number of methoxy groups -OCH3 is 1. The van der Waals surface area contributed by atoms with Gasteiger partial charge < -0.3 is 14.5 Å². The number of carbonyl (C=O) groups is 1. The molecule has 4 nitrogen and oxygen atoms in total. The lowest BCUT2D eigenvalue weighted by Crippen LogP contribution is -2.19. The van der Waals surface area contributed by atoms with Crippen LogP contribution in [-0.2, 0) is 11.3 Å². The van der Waals surface area contributed by atoms with Gasteiger partial charge in [0.1, 0.15) is 11.5 Å². The Balaban J connectivity index is 1.85. The quantitative estimate of drug-likeness (QED) is 0.838. The van der Waals surface area contributed by atoms with Crippen LogP contribution in [-0.4, -0.2) is 13.0 Å². The van der Waals surface area contributed by atoms with Gasteiger partial charge in [-0.15, -0.1) is 0 Å². The molecule has 0 bridgehead atoms. The average Bonchev–Trinajstić information content (AvgIpc) is 2.96. The molecule has 19 heavy (non-hydrogen) atoms. The normalized spacial score (nSPS) is 10.6. The number of furan rings is 1. The summed E-state index contributed by atoms with van der Waals surface area (Å²) in [6.45, 7) is 0.388. The summed E-state index contributed by atoms with van der Waals surface area (Å²) in [5.74, 6) is 1.36. The number of benzene rings is 1. The molecule has 1 amide bonds. The fourth-order valence-electron chi connectivity index (χ4n) is 1.53. The van der Waals surface area contributed by atoms with Crippen molar-refractivity contribution >= 4 is 12.0 Å². The molecule has 2 aromatic rings. The summed E-state index contributed by atoms with van der Waals surface area (Å²) in [7, 11) is 1.62. The van der Waals surface area contributed by atoms with Gasteiger partial charge in [0.2, 0.25) is 5.91 Å². The van der Waals surface area contributed by atoms with Gasteiger partial charge >= 0.3 is 0 Å². The minimum atomic E-state index is -0.160. The smallest absolute Gasteiger partial charge is 0.244 e. The van der Waals surface area contributed by atoms with Crippen molar-refractivity contribution in [3.8, 4) is 5.75 Å². The molecule has 0 aliphatic carbocycles. The summed E-state index contributed by atoms with van der Waals surface area (Å²) in [5, 5.41) is 2.73. The second-order valence-corrected chi connectivity index (χ2v) is 3.90. The Morgan fingerprint density at radius 1 is 1.32 bits per heavy atom. The van der Waals surface area contributed by atoms with Crippen molar-refractivity contribution in [3.05, 3.63) is 60.1 Å². The summed E-state index contributed by atoms with van der Waals surface area (Å²) in [5.41, 5.74) is 0.939. The van der Waals surface area contributed by atoms with E-state index in [2.05, 4.69) is 5.32 Å². The third-order valence-corrected chi connectivity index (χ3v) is 2.56. The van der Waals surface area contributed by atoms with Crippen molar-refractivity contribution in [1.82, 2.24) is 5.32 Å². The first-order valence-corrected chi connectivity index (χ1v) is 5.90. The van der Waals surface area contributed by atoms with Gasteiger partial charge in [0.15, 0.2) is 0 Å². The number of carbonyl (C=O) groups excluding carboxylic acids is 1. The maximum Gasteiger partial charge on any atom is 0.244 e. The Bertz CT molecular complexity index is 541. The third kappa shape index (κ3) is 4.03. The molecule has 0 atom stereocenters. The van der Waals surface area contributed by atoms with Crippen LogP contribution in [0.15, 0.2) is 53.2 Å². The first kappa shape index (κ1) is 13.0. The molecule has 0 spiro atoms. The van der Waals surface area contributed by atoms with Crippen LogP contribution in [0.1, 0.15) is 11.3 Å². The molecule has 1 N–H and O–H groups in total. The Hall–Kier alpha value is -2.49. The number of amides is 1. The van der Waals surface area contributed by atoms with Gasteiger partial charge in [-0.3, -0.25) is 4.79 Å². The van der Waals surface area contributed by atoms with Gasteiger partial charge in [0.25, 0.3) is 0 Å². The van der Waals surface area contributed by atoms with E-state index in [0.29, 0.717) is 6.54 Å². The van der Waals surface area contributed by atoms with Crippen LogP contribution >= 0.6 is 0 Å². The predicted molar refractivity (Wildman–Crippen MR) is 72.6 cm³/mol. The highest BCUT2D eigenvalue weighted by Crippen LogP contribution is 2.12. The molecule has 0 unspecified atom stereocenters. The van der Waals surface area contributed by atoms with Crippen molar-refractivity contribution in [2.75, 3.05) is 7.11 Å². The van der Waals surface area contributed by atoms with Crippen molar-refractivity contribution in [2.24, 2.45) is 0 Å². The van der Waals surface area contributed by atoms with E-state index in [0.717, 1.165) is 17.1 Å². The van der Waals surface area contributed by atoms with Gasteiger partial charge in [-0.2, -0.15) is 0 Å².